The van der Waals surface area contributed by atoms with Crippen molar-refractivity contribution < 1.29 is 26.2 Å². The van der Waals surface area contributed by atoms with Gasteiger partial charge in [-0.2, -0.15) is 8.42 Å². The van der Waals surface area contributed by atoms with Crippen LogP contribution in [-0.4, -0.2) is 55.7 Å². The van der Waals surface area contributed by atoms with Gasteiger partial charge in [-0.15, -0.1) is 3.89 Å². The third kappa shape index (κ3) is 5.94. The molecule has 5 rings (SSSR count). The first-order valence-electron chi connectivity index (χ1n) is 11.5. The lowest BCUT2D eigenvalue weighted by Crippen LogP contribution is -2.36. The molecular formula is C24H21F2N7O4S2. The molecule has 2 aromatic carbocycles. The summed E-state index contributed by atoms with van der Waals surface area (Å²) >= 11 is 1.28. The molecule has 39 heavy (non-hydrogen) atoms. The topological polar surface area (TPSA) is 152 Å². The lowest BCUT2D eigenvalue weighted by Gasteiger charge is -2.26. The second-order valence-corrected chi connectivity index (χ2v) is 10.6. The SMILES string of the molecule is Nc1nccc(-c2nc(N3CCOCC3)sc2-c2cccc(NC(=O)Nc3ccc(S(=O)(=O)F)cc3)c2F)n1. The van der Waals surface area contributed by atoms with Crippen LogP contribution in [0.4, 0.5) is 35.5 Å². The maximum absolute atomic E-state index is 15.8. The molecule has 1 aliphatic heterocycles. The van der Waals surface area contributed by atoms with Crippen LogP contribution in [0.25, 0.3) is 21.8 Å². The van der Waals surface area contributed by atoms with Crippen molar-refractivity contribution in [1.29, 1.82) is 0 Å². The van der Waals surface area contributed by atoms with E-state index in [1.54, 1.807) is 18.2 Å². The Bertz CT molecular complexity index is 1630. The van der Waals surface area contributed by atoms with Crippen molar-refractivity contribution in [3.63, 3.8) is 0 Å². The molecule has 3 heterocycles. The molecule has 0 atom stereocenters. The Morgan fingerprint density at radius 3 is 2.49 bits per heavy atom. The third-order valence-corrected chi connectivity index (χ3v) is 7.68. The van der Waals surface area contributed by atoms with Crippen LogP contribution in [0.1, 0.15) is 0 Å². The Balaban J connectivity index is 1.44. The lowest BCUT2D eigenvalue weighted by molar-refractivity contribution is 0.122. The number of rotatable bonds is 6. The minimum Gasteiger partial charge on any atom is -0.378 e. The summed E-state index contributed by atoms with van der Waals surface area (Å²) in [5, 5.41) is 5.56. The van der Waals surface area contributed by atoms with Crippen molar-refractivity contribution in [2.45, 2.75) is 4.90 Å². The van der Waals surface area contributed by atoms with Crippen molar-refractivity contribution in [2.75, 3.05) is 47.6 Å². The number of ether oxygens (including phenoxy) is 1. The van der Waals surface area contributed by atoms with E-state index in [2.05, 4.69) is 20.6 Å². The first-order valence-corrected chi connectivity index (χ1v) is 13.7. The maximum atomic E-state index is 15.8. The fraction of sp³-hybridized carbons (Fsp3) is 0.167. The molecule has 0 bridgehead atoms. The molecule has 1 fully saturated rings. The average Bonchev–Trinajstić information content (AvgIpc) is 3.36. The molecule has 0 saturated carbocycles. The molecular weight excluding hydrogens is 552 g/mol. The Morgan fingerprint density at radius 1 is 1.05 bits per heavy atom. The van der Waals surface area contributed by atoms with E-state index in [0.29, 0.717) is 47.7 Å². The smallest absolute Gasteiger partial charge is 0.332 e. The highest BCUT2D eigenvalue weighted by Gasteiger charge is 2.24. The fourth-order valence-electron chi connectivity index (χ4n) is 3.85. The number of nitrogens with two attached hydrogens (primary N) is 1. The quantitative estimate of drug-likeness (QED) is 0.289. The van der Waals surface area contributed by atoms with Crippen molar-refractivity contribution >= 4 is 50.0 Å². The van der Waals surface area contributed by atoms with E-state index in [9.17, 15) is 17.1 Å². The monoisotopic (exact) mass is 573 g/mol. The van der Waals surface area contributed by atoms with Crippen LogP contribution >= 0.6 is 11.3 Å². The number of amides is 2. The van der Waals surface area contributed by atoms with Crippen molar-refractivity contribution in [3.8, 4) is 21.8 Å². The van der Waals surface area contributed by atoms with Crippen LogP contribution in [-0.2, 0) is 15.0 Å². The second-order valence-electron chi connectivity index (χ2n) is 8.28. The highest BCUT2D eigenvalue weighted by molar-refractivity contribution is 7.86. The standard InChI is InChI=1S/C24H21F2N7O4S2/c25-19-16(2-1-3-17(19)31-23(34)29-14-4-6-15(7-5-14)39(26,35)36)21-20(18-8-9-28-22(27)30-18)32-24(38-21)33-10-12-37-13-11-33/h1-9H,10-13H2,(H2,27,28,30)(H2,29,31,34). The first-order chi connectivity index (χ1) is 18.7. The van der Waals surface area contributed by atoms with Gasteiger partial charge in [-0.1, -0.05) is 23.5 Å². The van der Waals surface area contributed by atoms with Gasteiger partial charge < -0.3 is 26.0 Å². The van der Waals surface area contributed by atoms with E-state index in [1.807, 2.05) is 4.90 Å². The third-order valence-electron chi connectivity index (χ3n) is 5.70. The summed E-state index contributed by atoms with van der Waals surface area (Å²) < 4.78 is 56.3. The van der Waals surface area contributed by atoms with Crippen molar-refractivity contribution in [1.82, 2.24) is 15.0 Å². The number of morpholine rings is 1. The highest BCUT2D eigenvalue weighted by atomic mass is 32.3. The Morgan fingerprint density at radius 2 is 1.79 bits per heavy atom. The summed E-state index contributed by atoms with van der Waals surface area (Å²) in [6.45, 7) is 2.33. The number of nitrogen functional groups attached to an aromatic ring is 1. The number of carbonyl (C=O) groups is 1. The molecule has 1 aliphatic rings. The number of aromatic nitrogens is 3. The number of carbonyl (C=O) groups excluding carboxylic acids is 1. The van der Waals surface area contributed by atoms with Crippen LogP contribution in [0.3, 0.4) is 0 Å². The van der Waals surface area contributed by atoms with Gasteiger partial charge in [0.1, 0.15) is 5.69 Å². The van der Waals surface area contributed by atoms with Gasteiger partial charge in [-0.05, 0) is 36.4 Å². The fourth-order valence-corrected chi connectivity index (χ4v) is 5.46. The van der Waals surface area contributed by atoms with Crippen LogP contribution < -0.4 is 21.3 Å². The molecule has 1 saturated heterocycles. The van der Waals surface area contributed by atoms with Crippen LogP contribution in [0.2, 0.25) is 0 Å². The molecule has 11 nitrogen and oxygen atoms in total. The zero-order valence-corrected chi connectivity index (χ0v) is 21.7. The molecule has 2 aromatic heterocycles. The summed E-state index contributed by atoms with van der Waals surface area (Å²) in [4.78, 5) is 27.5. The molecule has 2 amide bonds. The van der Waals surface area contributed by atoms with Crippen molar-refractivity contribution in [2.24, 2.45) is 0 Å². The minimum atomic E-state index is -4.87. The lowest BCUT2D eigenvalue weighted by atomic mass is 10.1. The number of halogens is 2. The van der Waals surface area contributed by atoms with E-state index in [4.69, 9.17) is 15.5 Å². The van der Waals surface area contributed by atoms with Crippen molar-refractivity contribution in [3.05, 3.63) is 60.5 Å². The maximum Gasteiger partial charge on any atom is 0.332 e. The molecule has 4 aromatic rings. The van der Waals surface area contributed by atoms with E-state index in [0.717, 1.165) is 12.1 Å². The Labute approximate surface area is 225 Å². The van der Waals surface area contributed by atoms with Gasteiger partial charge in [-0.3, -0.25) is 0 Å². The van der Waals surface area contributed by atoms with Gasteiger partial charge in [0, 0.05) is 30.5 Å². The Kier molecular flexibility index (Phi) is 7.36. The largest absolute Gasteiger partial charge is 0.378 e. The number of urea groups is 1. The highest BCUT2D eigenvalue weighted by Crippen LogP contribution is 2.42. The van der Waals surface area contributed by atoms with Crippen LogP contribution in [0.15, 0.2) is 59.6 Å². The van der Waals surface area contributed by atoms with Gasteiger partial charge in [0.05, 0.1) is 34.4 Å². The van der Waals surface area contributed by atoms with Gasteiger partial charge in [0.15, 0.2) is 10.9 Å². The minimum absolute atomic E-state index is 0.0454. The van der Waals surface area contributed by atoms with Gasteiger partial charge in [0.2, 0.25) is 5.95 Å². The number of anilines is 4. The number of hydrogen-bond donors (Lipinski definition) is 3. The summed E-state index contributed by atoms with van der Waals surface area (Å²) in [6, 6.07) is 9.82. The Hall–Kier alpha value is -4.21. The van der Waals surface area contributed by atoms with E-state index >= 15 is 4.39 Å². The predicted octanol–water partition coefficient (Wildman–Crippen LogP) is 4.13. The number of nitrogens with one attached hydrogen (secondary N) is 2. The normalized spacial score (nSPS) is 13.7. The molecule has 0 spiro atoms. The molecule has 15 heteroatoms. The second kappa shape index (κ2) is 10.9. The molecule has 202 valence electrons. The number of thiazole rings is 1. The predicted molar refractivity (Wildman–Crippen MR) is 143 cm³/mol. The van der Waals surface area contributed by atoms with E-state index < -0.39 is 27.0 Å². The van der Waals surface area contributed by atoms with Gasteiger partial charge in [-0.25, -0.2) is 24.1 Å². The summed E-state index contributed by atoms with van der Waals surface area (Å²) in [6.07, 6.45) is 1.49. The zero-order valence-electron chi connectivity index (χ0n) is 20.1. The van der Waals surface area contributed by atoms with Crippen LogP contribution in [0, 0.1) is 5.82 Å². The summed E-state index contributed by atoms with van der Waals surface area (Å²) in [7, 11) is -4.87. The van der Waals surface area contributed by atoms with Gasteiger partial charge in [0.25, 0.3) is 0 Å². The number of nitrogens with zero attached hydrogens (tertiary/aromatic N) is 4. The van der Waals surface area contributed by atoms with E-state index in [1.165, 1.54) is 35.7 Å². The van der Waals surface area contributed by atoms with E-state index in [-0.39, 0.29) is 22.9 Å². The van der Waals surface area contributed by atoms with Gasteiger partial charge >= 0.3 is 16.3 Å². The number of benzene rings is 2. The average molecular weight is 574 g/mol. The molecule has 0 radical (unpaired) electrons. The van der Waals surface area contributed by atoms with Crippen LogP contribution in [0.5, 0.6) is 0 Å². The number of hydrogen-bond acceptors (Lipinski definition) is 10. The summed E-state index contributed by atoms with van der Waals surface area (Å²) in [5.41, 5.74) is 6.88. The summed E-state index contributed by atoms with van der Waals surface area (Å²) in [5.74, 6) is -0.656. The first kappa shape index (κ1) is 26.4. The molecule has 0 unspecified atom stereocenters. The molecule has 4 N–H and O–H groups in total. The molecule has 0 aliphatic carbocycles. The zero-order chi connectivity index (χ0) is 27.6.